The van der Waals surface area contributed by atoms with Gasteiger partial charge in [0.15, 0.2) is 5.69 Å². The fraction of sp³-hybridized carbons (Fsp3) is 0.158. The van der Waals surface area contributed by atoms with Crippen molar-refractivity contribution in [3.8, 4) is 17.0 Å². The Bertz CT molecular complexity index is 981. The third-order valence-corrected chi connectivity index (χ3v) is 4.38. The van der Waals surface area contributed by atoms with Gasteiger partial charge in [0.25, 0.3) is 5.91 Å². The number of para-hydroxylation sites is 2. The van der Waals surface area contributed by atoms with E-state index in [9.17, 15) is 9.18 Å². The predicted molar refractivity (Wildman–Crippen MR) is 92.1 cm³/mol. The molecule has 0 saturated heterocycles. The Labute approximate surface area is 144 Å². The smallest absolute Gasteiger partial charge is 0.279 e. The first-order chi connectivity index (χ1) is 12.1. The van der Waals surface area contributed by atoms with E-state index in [1.807, 2.05) is 24.3 Å². The molecule has 0 bridgehead atoms. The average Bonchev–Trinajstić information content (AvgIpc) is 2.98. The molecule has 126 valence electrons. The van der Waals surface area contributed by atoms with Crippen molar-refractivity contribution in [2.45, 2.75) is 6.61 Å². The largest absolute Gasteiger partial charge is 0.488 e. The number of carbonyl (C=O) groups is 1. The number of amides is 1. The summed E-state index contributed by atoms with van der Waals surface area (Å²) in [6, 6.07) is 13.8. The molecular weight excluding hydrogens is 321 g/mol. The van der Waals surface area contributed by atoms with E-state index in [0.29, 0.717) is 0 Å². The van der Waals surface area contributed by atoms with E-state index in [1.165, 1.54) is 11.0 Å². The number of nitrogens with zero attached hydrogens (tertiary/aromatic N) is 3. The van der Waals surface area contributed by atoms with Crippen LogP contribution in [0.1, 0.15) is 16.1 Å². The van der Waals surface area contributed by atoms with Crippen LogP contribution in [0.25, 0.3) is 11.3 Å². The number of aryl methyl sites for hydroxylation is 1. The van der Waals surface area contributed by atoms with Crippen LogP contribution in [0.4, 0.5) is 10.1 Å². The van der Waals surface area contributed by atoms with Gasteiger partial charge in [-0.25, -0.2) is 4.39 Å². The third-order valence-electron chi connectivity index (χ3n) is 4.38. The SMILES string of the molecule is CN(C(=O)c1nn(C)c2c1COc1ccccc1-2)c1ccccc1F. The molecular formula is C19H16FN3O2. The number of hydrogen-bond acceptors (Lipinski definition) is 3. The molecule has 6 heteroatoms. The highest BCUT2D eigenvalue weighted by molar-refractivity contribution is 6.06. The van der Waals surface area contributed by atoms with Crippen molar-refractivity contribution in [1.82, 2.24) is 9.78 Å². The highest BCUT2D eigenvalue weighted by Gasteiger charge is 2.30. The minimum absolute atomic E-state index is 0.212. The van der Waals surface area contributed by atoms with Crippen molar-refractivity contribution in [2.24, 2.45) is 7.05 Å². The Morgan fingerprint density at radius 2 is 1.92 bits per heavy atom. The van der Waals surface area contributed by atoms with Gasteiger partial charge in [0.05, 0.1) is 11.4 Å². The van der Waals surface area contributed by atoms with Gasteiger partial charge >= 0.3 is 0 Å². The molecule has 1 amide bonds. The minimum atomic E-state index is -0.454. The topological polar surface area (TPSA) is 47.4 Å². The van der Waals surface area contributed by atoms with Crippen molar-refractivity contribution in [2.75, 3.05) is 11.9 Å². The summed E-state index contributed by atoms with van der Waals surface area (Å²) in [5.74, 6) is -0.0610. The second kappa shape index (κ2) is 5.73. The number of fused-ring (bicyclic) bond motifs is 3. The van der Waals surface area contributed by atoms with Crippen LogP contribution in [-0.4, -0.2) is 22.7 Å². The summed E-state index contributed by atoms with van der Waals surface area (Å²) in [5, 5.41) is 4.39. The van der Waals surface area contributed by atoms with Crippen molar-refractivity contribution in [1.29, 1.82) is 0 Å². The summed E-state index contributed by atoms with van der Waals surface area (Å²) in [6.45, 7) is 0.256. The lowest BCUT2D eigenvalue weighted by molar-refractivity contribution is 0.0984. The van der Waals surface area contributed by atoms with E-state index >= 15 is 0 Å². The maximum atomic E-state index is 14.0. The van der Waals surface area contributed by atoms with Gasteiger partial charge in [0.1, 0.15) is 18.2 Å². The van der Waals surface area contributed by atoms with Gasteiger partial charge in [-0.1, -0.05) is 24.3 Å². The Morgan fingerprint density at radius 1 is 1.20 bits per heavy atom. The number of aromatic nitrogens is 2. The van der Waals surface area contributed by atoms with Crippen LogP contribution in [0.15, 0.2) is 48.5 Å². The lowest BCUT2D eigenvalue weighted by atomic mass is 10.0. The molecule has 0 saturated carbocycles. The predicted octanol–water partition coefficient (Wildman–Crippen LogP) is 3.40. The highest BCUT2D eigenvalue weighted by atomic mass is 19.1. The van der Waals surface area contributed by atoms with Crippen LogP contribution in [-0.2, 0) is 13.7 Å². The van der Waals surface area contributed by atoms with Crippen molar-refractivity contribution < 1.29 is 13.9 Å². The van der Waals surface area contributed by atoms with Crippen LogP contribution < -0.4 is 9.64 Å². The van der Waals surface area contributed by atoms with Crippen LogP contribution in [0.2, 0.25) is 0 Å². The molecule has 25 heavy (non-hydrogen) atoms. The van der Waals surface area contributed by atoms with Crippen LogP contribution in [0.3, 0.4) is 0 Å². The first kappa shape index (κ1) is 15.4. The number of halogens is 1. The molecule has 1 aromatic heterocycles. The molecule has 0 unspecified atom stereocenters. The van der Waals surface area contributed by atoms with Gasteiger partial charge in [-0.3, -0.25) is 9.48 Å². The minimum Gasteiger partial charge on any atom is -0.488 e. The number of ether oxygens (including phenoxy) is 1. The van der Waals surface area contributed by atoms with Gasteiger partial charge in [-0.2, -0.15) is 5.10 Å². The first-order valence-corrected chi connectivity index (χ1v) is 7.88. The van der Waals surface area contributed by atoms with Crippen molar-refractivity contribution >= 4 is 11.6 Å². The number of benzene rings is 2. The molecule has 0 atom stereocenters. The molecule has 2 aromatic carbocycles. The van der Waals surface area contributed by atoms with Crippen molar-refractivity contribution in [3.63, 3.8) is 0 Å². The van der Waals surface area contributed by atoms with Crippen molar-refractivity contribution in [3.05, 3.63) is 65.6 Å². The molecule has 5 nitrogen and oxygen atoms in total. The zero-order valence-electron chi connectivity index (χ0n) is 13.9. The summed E-state index contributed by atoms with van der Waals surface area (Å²) >= 11 is 0. The molecule has 0 N–H and O–H groups in total. The van der Waals surface area contributed by atoms with Crippen LogP contribution in [0, 0.1) is 5.82 Å². The summed E-state index contributed by atoms with van der Waals surface area (Å²) < 4.78 is 21.5. The number of anilines is 1. The van der Waals surface area contributed by atoms with E-state index in [1.54, 1.807) is 37.0 Å². The summed E-state index contributed by atoms with van der Waals surface area (Å²) in [7, 11) is 3.33. The summed E-state index contributed by atoms with van der Waals surface area (Å²) in [5.41, 5.74) is 2.95. The second-order valence-corrected chi connectivity index (χ2v) is 5.90. The molecule has 0 aliphatic carbocycles. The molecule has 0 spiro atoms. The summed E-state index contributed by atoms with van der Waals surface area (Å²) in [6.07, 6.45) is 0. The molecule has 4 rings (SSSR count). The average molecular weight is 337 g/mol. The Hall–Kier alpha value is -3.15. The number of carbonyl (C=O) groups excluding carboxylic acids is 1. The standard InChI is InChI=1S/C19H16FN3O2/c1-22(15-9-5-4-8-14(15)20)19(24)17-13-11-25-16-10-6-3-7-12(16)18(13)23(2)21-17/h3-10H,11H2,1-2H3. The monoisotopic (exact) mass is 337 g/mol. The van der Waals surface area contributed by atoms with E-state index in [-0.39, 0.29) is 23.9 Å². The Kier molecular flexibility index (Phi) is 3.53. The van der Waals surface area contributed by atoms with E-state index in [4.69, 9.17) is 4.74 Å². The molecule has 0 radical (unpaired) electrons. The lowest BCUT2D eigenvalue weighted by Gasteiger charge is -2.20. The quantitative estimate of drug-likeness (QED) is 0.720. The van der Waals surface area contributed by atoms with E-state index in [0.717, 1.165) is 22.6 Å². The Morgan fingerprint density at radius 3 is 2.72 bits per heavy atom. The molecule has 0 fully saturated rings. The normalized spacial score (nSPS) is 12.1. The second-order valence-electron chi connectivity index (χ2n) is 5.90. The molecule has 2 heterocycles. The zero-order chi connectivity index (χ0) is 17.6. The van der Waals surface area contributed by atoms with Crippen LogP contribution in [0.5, 0.6) is 5.75 Å². The molecule has 1 aliphatic heterocycles. The zero-order valence-corrected chi connectivity index (χ0v) is 13.9. The third kappa shape index (κ3) is 2.38. The van der Waals surface area contributed by atoms with E-state index < -0.39 is 5.82 Å². The first-order valence-electron chi connectivity index (χ1n) is 7.88. The molecule has 3 aromatic rings. The maximum Gasteiger partial charge on any atom is 0.279 e. The van der Waals surface area contributed by atoms with Gasteiger partial charge in [-0.15, -0.1) is 0 Å². The summed E-state index contributed by atoms with van der Waals surface area (Å²) in [4.78, 5) is 14.2. The number of rotatable bonds is 2. The Balaban J connectivity index is 1.79. The lowest BCUT2D eigenvalue weighted by Crippen LogP contribution is -2.28. The fourth-order valence-corrected chi connectivity index (χ4v) is 3.14. The number of hydrogen-bond donors (Lipinski definition) is 0. The van der Waals surface area contributed by atoms with Crippen LogP contribution >= 0.6 is 0 Å². The van der Waals surface area contributed by atoms with Gasteiger partial charge in [0, 0.05) is 25.2 Å². The fourth-order valence-electron chi connectivity index (χ4n) is 3.14. The van der Waals surface area contributed by atoms with Gasteiger partial charge in [0.2, 0.25) is 0 Å². The highest BCUT2D eigenvalue weighted by Crippen LogP contribution is 2.38. The maximum absolute atomic E-state index is 14.0. The molecule has 1 aliphatic rings. The van der Waals surface area contributed by atoms with Gasteiger partial charge < -0.3 is 9.64 Å². The van der Waals surface area contributed by atoms with E-state index in [2.05, 4.69) is 5.10 Å². The van der Waals surface area contributed by atoms with Gasteiger partial charge in [-0.05, 0) is 24.3 Å².